The fourth-order valence-electron chi connectivity index (χ4n) is 2.94. The molecule has 1 atom stereocenters. The van der Waals surface area contributed by atoms with Crippen molar-refractivity contribution in [2.24, 2.45) is 0 Å². The van der Waals surface area contributed by atoms with Crippen molar-refractivity contribution in [3.8, 4) is 0 Å². The van der Waals surface area contributed by atoms with Crippen molar-refractivity contribution in [2.75, 3.05) is 6.54 Å². The van der Waals surface area contributed by atoms with Crippen molar-refractivity contribution in [3.05, 3.63) is 0 Å². The van der Waals surface area contributed by atoms with Crippen LogP contribution in [0.25, 0.3) is 0 Å². The van der Waals surface area contributed by atoms with Crippen LogP contribution in [0.1, 0.15) is 52.4 Å². The summed E-state index contributed by atoms with van der Waals surface area (Å²) in [6.45, 7) is 5.11. The minimum atomic E-state index is 0.323. The van der Waals surface area contributed by atoms with Gasteiger partial charge in [0.15, 0.2) is 0 Å². The first kappa shape index (κ1) is 11.9. The van der Waals surface area contributed by atoms with E-state index in [1.807, 2.05) is 4.90 Å². The van der Waals surface area contributed by atoms with Gasteiger partial charge < -0.3 is 10.2 Å². The van der Waals surface area contributed by atoms with Crippen LogP contribution < -0.4 is 5.32 Å². The van der Waals surface area contributed by atoms with Gasteiger partial charge >= 0.3 is 0 Å². The maximum absolute atomic E-state index is 11.8. The molecule has 1 saturated carbocycles. The van der Waals surface area contributed by atoms with Crippen molar-refractivity contribution in [1.82, 2.24) is 10.2 Å². The Balaban J connectivity index is 1.81. The Kier molecular flexibility index (Phi) is 3.85. The average molecular weight is 224 g/mol. The second-order valence-electron chi connectivity index (χ2n) is 5.54. The van der Waals surface area contributed by atoms with Crippen molar-refractivity contribution < 1.29 is 4.79 Å². The van der Waals surface area contributed by atoms with Crippen molar-refractivity contribution in [1.29, 1.82) is 0 Å². The van der Waals surface area contributed by atoms with Crippen LogP contribution in [0, 0.1) is 0 Å². The van der Waals surface area contributed by atoms with Crippen LogP contribution in [-0.2, 0) is 4.79 Å². The minimum Gasteiger partial charge on any atom is -0.339 e. The second-order valence-corrected chi connectivity index (χ2v) is 5.54. The van der Waals surface area contributed by atoms with Gasteiger partial charge in [-0.15, -0.1) is 0 Å². The van der Waals surface area contributed by atoms with E-state index in [1.165, 1.54) is 32.1 Å². The molecule has 0 bridgehead atoms. The van der Waals surface area contributed by atoms with E-state index in [9.17, 15) is 4.79 Å². The number of carbonyl (C=O) groups is 1. The molecule has 0 radical (unpaired) electrons. The Morgan fingerprint density at radius 3 is 2.44 bits per heavy atom. The number of hydrogen-bond acceptors (Lipinski definition) is 2. The number of nitrogens with zero attached hydrogens (tertiary/aromatic N) is 1. The molecule has 0 aromatic rings. The standard InChI is InChI=1S/C13H24N2O/c1-10(2)15-9-12(8-13(15)16)14-11-6-4-3-5-7-11/h10-12,14H,3-9H2,1-2H3. The summed E-state index contributed by atoms with van der Waals surface area (Å²) in [6, 6.07) is 1.42. The number of amides is 1. The highest BCUT2D eigenvalue weighted by atomic mass is 16.2. The molecule has 0 aromatic heterocycles. The van der Waals surface area contributed by atoms with E-state index in [0.717, 1.165) is 6.54 Å². The Morgan fingerprint density at radius 2 is 1.88 bits per heavy atom. The van der Waals surface area contributed by atoms with Crippen LogP contribution >= 0.6 is 0 Å². The van der Waals surface area contributed by atoms with Gasteiger partial charge in [-0.25, -0.2) is 0 Å². The first-order chi connectivity index (χ1) is 7.66. The van der Waals surface area contributed by atoms with Gasteiger partial charge in [0.05, 0.1) is 0 Å². The smallest absolute Gasteiger partial charge is 0.224 e. The van der Waals surface area contributed by atoms with E-state index in [4.69, 9.17) is 0 Å². The van der Waals surface area contributed by atoms with Gasteiger partial charge in [-0.1, -0.05) is 19.3 Å². The summed E-state index contributed by atoms with van der Waals surface area (Å²) in [7, 11) is 0. The van der Waals surface area contributed by atoms with E-state index in [-0.39, 0.29) is 0 Å². The van der Waals surface area contributed by atoms with Crippen LogP contribution in [0.3, 0.4) is 0 Å². The van der Waals surface area contributed by atoms with Gasteiger partial charge in [-0.2, -0.15) is 0 Å². The fraction of sp³-hybridized carbons (Fsp3) is 0.923. The van der Waals surface area contributed by atoms with Crippen LogP contribution in [0.4, 0.5) is 0 Å². The lowest BCUT2D eigenvalue weighted by Gasteiger charge is -2.27. The highest BCUT2D eigenvalue weighted by Crippen LogP contribution is 2.21. The van der Waals surface area contributed by atoms with E-state index in [1.54, 1.807) is 0 Å². The maximum atomic E-state index is 11.8. The molecule has 2 rings (SSSR count). The van der Waals surface area contributed by atoms with Gasteiger partial charge in [0.25, 0.3) is 0 Å². The number of carbonyl (C=O) groups excluding carboxylic acids is 1. The van der Waals surface area contributed by atoms with Crippen molar-refractivity contribution >= 4 is 5.91 Å². The Morgan fingerprint density at radius 1 is 1.19 bits per heavy atom. The quantitative estimate of drug-likeness (QED) is 0.794. The molecule has 1 amide bonds. The largest absolute Gasteiger partial charge is 0.339 e. The molecule has 16 heavy (non-hydrogen) atoms. The highest BCUT2D eigenvalue weighted by molar-refractivity contribution is 5.79. The van der Waals surface area contributed by atoms with Crippen molar-refractivity contribution in [3.63, 3.8) is 0 Å². The fourth-order valence-corrected chi connectivity index (χ4v) is 2.94. The third-order valence-corrected chi connectivity index (χ3v) is 3.86. The molecule has 1 heterocycles. The normalized spacial score (nSPS) is 28.1. The monoisotopic (exact) mass is 224 g/mol. The third kappa shape index (κ3) is 2.76. The topological polar surface area (TPSA) is 32.3 Å². The maximum Gasteiger partial charge on any atom is 0.224 e. The summed E-state index contributed by atoms with van der Waals surface area (Å²) in [5, 5.41) is 3.67. The lowest BCUT2D eigenvalue weighted by molar-refractivity contribution is -0.129. The van der Waals surface area contributed by atoms with E-state index >= 15 is 0 Å². The Labute approximate surface area is 98.6 Å². The van der Waals surface area contributed by atoms with Gasteiger partial charge in [-0.3, -0.25) is 4.79 Å². The van der Waals surface area contributed by atoms with Crippen LogP contribution in [-0.4, -0.2) is 35.5 Å². The van der Waals surface area contributed by atoms with Crippen LogP contribution in [0.15, 0.2) is 0 Å². The third-order valence-electron chi connectivity index (χ3n) is 3.86. The van der Waals surface area contributed by atoms with Crippen molar-refractivity contribution in [2.45, 2.75) is 70.5 Å². The first-order valence-electron chi connectivity index (χ1n) is 6.72. The summed E-state index contributed by atoms with van der Waals surface area (Å²) in [6.07, 6.45) is 7.39. The zero-order valence-electron chi connectivity index (χ0n) is 10.5. The summed E-state index contributed by atoms with van der Waals surface area (Å²) in [4.78, 5) is 13.8. The molecule has 1 N–H and O–H groups in total. The van der Waals surface area contributed by atoms with Crippen LogP contribution in [0.5, 0.6) is 0 Å². The Hall–Kier alpha value is -0.570. The predicted octanol–water partition coefficient (Wildman–Crippen LogP) is 1.92. The molecular weight excluding hydrogens is 200 g/mol. The SMILES string of the molecule is CC(C)N1CC(NC2CCCCC2)CC1=O. The molecular formula is C13H24N2O. The zero-order chi connectivity index (χ0) is 11.5. The summed E-state index contributed by atoms with van der Waals surface area (Å²) in [5.74, 6) is 0.323. The van der Waals surface area contributed by atoms with Gasteiger partial charge in [-0.05, 0) is 26.7 Å². The highest BCUT2D eigenvalue weighted by Gasteiger charge is 2.32. The molecule has 1 saturated heterocycles. The van der Waals surface area contributed by atoms with Gasteiger partial charge in [0.1, 0.15) is 0 Å². The second kappa shape index (κ2) is 5.17. The lowest BCUT2D eigenvalue weighted by atomic mass is 9.95. The summed E-state index contributed by atoms with van der Waals surface area (Å²) < 4.78 is 0. The van der Waals surface area contributed by atoms with E-state index < -0.39 is 0 Å². The molecule has 1 unspecified atom stereocenters. The van der Waals surface area contributed by atoms with E-state index in [0.29, 0.717) is 30.5 Å². The zero-order valence-corrected chi connectivity index (χ0v) is 10.5. The molecule has 1 aliphatic carbocycles. The molecule has 1 aliphatic heterocycles. The molecule has 0 spiro atoms. The molecule has 3 heteroatoms. The summed E-state index contributed by atoms with van der Waals surface area (Å²) >= 11 is 0. The number of hydrogen-bond donors (Lipinski definition) is 1. The molecule has 3 nitrogen and oxygen atoms in total. The van der Waals surface area contributed by atoms with Gasteiger partial charge in [0.2, 0.25) is 5.91 Å². The number of likely N-dealkylation sites (tertiary alicyclic amines) is 1. The first-order valence-corrected chi connectivity index (χ1v) is 6.72. The molecule has 2 fully saturated rings. The van der Waals surface area contributed by atoms with E-state index in [2.05, 4.69) is 19.2 Å². The van der Waals surface area contributed by atoms with Gasteiger partial charge in [0, 0.05) is 31.1 Å². The molecule has 2 aliphatic rings. The summed E-state index contributed by atoms with van der Waals surface area (Å²) in [5.41, 5.74) is 0. The molecule has 92 valence electrons. The minimum absolute atomic E-state index is 0.323. The molecule has 0 aromatic carbocycles. The lowest BCUT2D eigenvalue weighted by Crippen LogP contribution is -2.41. The Bertz CT molecular complexity index is 246. The number of rotatable bonds is 3. The average Bonchev–Trinajstić information content (AvgIpc) is 2.61. The number of nitrogens with one attached hydrogen (secondary N) is 1. The predicted molar refractivity (Wildman–Crippen MR) is 65.3 cm³/mol. The van der Waals surface area contributed by atoms with Crippen LogP contribution in [0.2, 0.25) is 0 Å².